The van der Waals surface area contributed by atoms with Crippen molar-refractivity contribution in [3.63, 3.8) is 0 Å². The van der Waals surface area contributed by atoms with Gasteiger partial charge in [-0.05, 0) is 37.6 Å². The van der Waals surface area contributed by atoms with Crippen LogP contribution >= 0.6 is 0 Å². The normalized spacial score (nSPS) is 36.9. The SMILES string of the molecule is C1CCNCC2(CC1)CCC[N]C2. The van der Waals surface area contributed by atoms with Crippen LogP contribution in [0.25, 0.3) is 0 Å². The molecule has 0 saturated carbocycles. The topological polar surface area (TPSA) is 26.1 Å². The molecule has 2 aliphatic rings. The molecule has 2 nitrogen and oxygen atoms in total. The van der Waals surface area contributed by atoms with E-state index in [0.29, 0.717) is 5.41 Å². The first kappa shape index (κ1) is 9.47. The van der Waals surface area contributed by atoms with Crippen LogP contribution in [0.4, 0.5) is 0 Å². The number of hydrogen-bond acceptors (Lipinski definition) is 1. The van der Waals surface area contributed by atoms with Crippen molar-refractivity contribution >= 4 is 0 Å². The zero-order valence-corrected chi connectivity index (χ0v) is 8.52. The summed E-state index contributed by atoms with van der Waals surface area (Å²) < 4.78 is 0. The second kappa shape index (κ2) is 4.43. The molecule has 1 radical (unpaired) electrons. The molecule has 0 aromatic carbocycles. The lowest BCUT2D eigenvalue weighted by atomic mass is 9.75. The number of hydrogen-bond donors (Lipinski definition) is 1. The van der Waals surface area contributed by atoms with Crippen molar-refractivity contribution in [3.8, 4) is 0 Å². The largest absolute Gasteiger partial charge is 0.316 e. The lowest BCUT2D eigenvalue weighted by Gasteiger charge is -2.38. The van der Waals surface area contributed by atoms with Gasteiger partial charge in [0.1, 0.15) is 0 Å². The summed E-state index contributed by atoms with van der Waals surface area (Å²) in [6, 6.07) is 0. The molecule has 2 fully saturated rings. The highest BCUT2D eigenvalue weighted by molar-refractivity contribution is 4.88. The molecule has 0 bridgehead atoms. The van der Waals surface area contributed by atoms with Crippen molar-refractivity contribution in [2.45, 2.75) is 38.5 Å². The summed E-state index contributed by atoms with van der Waals surface area (Å²) >= 11 is 0. The summed E-state index contributed by atoms with van der Waals surface area (Å²) in [5.74, 6) is 0. The summed E-state index contributed by atoms with van der Waals surface area (Å²) in [4.78, 5) is 0. The molecule has 2 heterocycles. The predicted octanol–water partition coefficient (Wildman–Crippen LogP) is 1.53. The number of nitrogens with one attached hydrogen (secondary N) is 1. The van der Waals surface area contributed by atoms with Gasteiger partial charge in [-0.3, -0.25) is 0 Å². The Kier molecular flexibility index (Phi) is 3.23. The first-order valence-electron chi connectivity index (χ1n) is 5.75. The molecule has 1 unspecified atom stereocenters. The molecule has 2 saturated heterocycles. The number of nitrogens with zero attached hydrogens (tertiary/aromatic N) is 1. The van der Waals surface area contributed by atoms with Gasteiger partial charge >= 0.3 is 0 Å². The van der Waals surface area contributed by atoms with Crippen molar-refractivity contribution in [2.24, 2.45) is 5.41 Å². The van der Waals surface area contributed by atoms with Crippen LogP contribution in [0, 0.1) is 5.41 Å². The smallest absolute Gasteiger partial charge is 0.0202 e. The molecule has 0 aromatic rings. The van der Waals surface area contributed by atoms with E-state index in [-0.39, 0.29) is 0 Å². The maximum atomic E-state index is 4.59. The first-order chi connectivity index (χ1) is 6.41. The van der Waals surface area contributed by atoms with Gasteiger partial charge in [-0.25, -0.2) is 5.32 Å². The van der Waals surface area contributed by atoms with E-state index in [1.165, 1.54) is 51.6 Å². The Morgan fingerprint density at radius 3 is 2.77 bits per heavy atom. The maximum absolute atomic E-state index is 4.59. The van der Waals surface area contributed by atoms with E-state index in [4.69, 9.17) is 0 Å². The fourth-order valence-corrected chi connectivity index (χ4v) is 2.68. The molecule has 0 amide bonds. The van der Waals surface area contributed by atoms with E-state index in [0.717, 1.165) is 13.1 Å². The highest BCUT2D eigenvalue weighted by Gasteiger charge is 2.32. The van der Waals surface area contributed by atoms with Crippen molar-refractivity contribution < 1.29 is 0 Å². The second-order valence-corrected chi connectivity index (χ2v) is 4.70. The minimum absolute atomic E-state index is 0.554. The van der Waals surface area contributed by atoms with E-state index in [2.05, 4.69) is 10.6 Å². The predicted molar refractivity (Wildman–Crippen MR) is 54.9 cm³/mol. The summed E-state index contributed by atoms with van der Waals surface area (Å²) in [6.07, 6.45) is 8.34. The highest BCUT2D eigenvalue weighted by atomic mass is 14.9. The zero-order chi connectivity index (χ0) is 8.99. The summed E-state index contributed by atoms with van der Waals surface area (Å²) in [7, 11) is 0. The molecular weight excluding hydrogens is 160 g/mol. The van der Waals surface area contributed by atoms with E-state index < -0.39 is 0 Å². The molecular formula is C11H21N2. The zero-order valence-electron chi connectivity index (χ0n) is 8.52. The van der Waals surface area contributed by atoms with E-state index >= 15 is 0 Å². The lowest BCUT2D eigenvalue weighted by Crippen LogP contribution is -2.44. The van der Waals surface area contributed by atoms with Gasteiger partial charge < -0.3 is 5.32 Å². The van der Waals surface area contributed by atoms with Gasteiger partial charge in [-0.2, -0.15) is 0 Å². The van der Waals surface area contributed by atoms with Gasteiger partial charge in [0.05, 0.1) is 0 Å². The van der Waals surface area contributed by atoms with Crippen molar-refractivity contribution in [3.05, 3.63) is 0 Å². The van der Waals surface area contributed by atoms with Crippen LogP contribution in [0.2, 0.25) is 0 Å². The molecule has 1 atom stereocenters. The van der Waals surface area contributed by atoms with Crippen LogP contribution in [-0.2, 0) is 0 Å². The van der Waals surface area contributed by atoms with Gasteiger partial charge in [0, 0.05) is 19.6 Å². The molecule has 0 aromatic heterocycles. The third kappa shape index (κ3) is 2.44. The van der Waals surface area contributed by atoms with Crippen LogP contribution in [0.5, 0.6) is 0 Å². The minimum atomic E-state index is 0.554. The summed E-state index contributed by atoms with van der Waals surface area (Å²) in [6.45, 7) is 4.68. The monoisotopic (exact) mass is 181 g/mol. The van der Waals surface area contributed by atoms with Gasteiger partial charge in [0.25, 0.3) is 0 Å². The Labute approximate surface area is 81.5 Å². The lowest BCUT2D eigenvalue weighted by molar-refractivity contribution is 0.168. The fraction of sp³-hybridized carbons (Fsp3) is 1.00. The van der Waals surface area contributed by atoms with Crippen LogP contribution in [0.3, 0.4) is 0 Å². The first-order valence-corrected chi connectivity index (χ1v) is 5.75. The molecule has 2 rings (SSSR count). The van der Waals surface area contributed by atoms with Gasteiger partial charge in [0.2, 0.25) is 0 Å². The molecule has 75 valence electrons. The molecule has 1 N–H and O–H groups in total. The Bertz CT molecular complexity index is 140. The van der Waals surface area contributed by atoms with Crippen LogP contribution in [-0.4, -0.2) is 26.2 Å². The second-order valence-electron chi connectivity index (χ2n) is 4.70. The molecule has 2 aliphatic heterocycles. The minimum Gasteiger partial charge on any atom is -0.316 e. The summed E-state index contributed by atoms with van der Waals surface area (Å²) in [5.41, 5.74) is 0.554. The number of piperidine rings is 1. The Morgan fingerprint density at radius 2 is 1.92 bits per heavy atom. The Hall–Kier alpha value is -0.0800. The third-order valence-electron chi connectivity index (χ3n) is 3.53. The van der Waals surface area contributed by atoms with E-state index in [1.807, 2.05) is 0 Å². The molecule has 1 spiro atoms. The maximum Gasteiger partial charge on any atom is 0.0202 e. The van der Waals surface area contributed by atoms with Crippen molar-refractivity contribution in [1.82, 2.24) is 10.6 Å². The average molecular weight is 181 g/mol. The fourth-order valence-electron chi connectivity index (χ4n) is 2.68. The molecule has 2 heteroatoms. The van der Waals surface area contributed by atoms with Crippen LogP contribution < -0.4 is 10.6 Å². The van der Waals surface area contributed by atoms with Crippen molar-refractivity contribution in [1.29, 1.82) is 0 Å². The van der Waals surface area contributed by atoms with Gasteiger partial charge in [-0.1, -0.05) is 12.8 Å². The highest BCUT2D eigenvalue weighted by Crippen LogP contribution is 2.32. The third-order valence-corrected chi connectivity index (χ3v) is 3.53. The van der Waals surface area contributed by atoms with Crippen LogP contribution in [0.1, 0.15) is 38.5 Å². The van der Waals surface area contributed by atoms with Crippen LogP contribution in [0.15, 0.2) is 0 Å². The quantitative estimate of drug-likeness (QED) is 0.602. The average Bonchev–Trinajstić information content (AvgIpc) is 2.14. The standard InChI is InChI=1S/C11H21N2/c1-2-5-11(9-12-7-3-1)6-4-8-13-10-11/h12H,1-10H2. The van der Waals surface area contributed by atoms with Crippen molar-refractivity contribution in [2.75, 3.05) is 26.2 Å². The number of rotatable bonds is 0. The van der Waals surface area contributed by atoms with Gasteiger partial charge in [0.15, 0.2) is 0 Å². The molecule has 0 aliphatic carbocycles. The molecule has 13 heavy (non-hydrogen) atoms. The van der Waals surface area contributed by atoms with E-state index in [9.17, 15) is 0 Å². The Balaban J connectivity index is 1.91. The Morgan fingerprint density at radius 1 is 1.00 bits per heavy atom. The summed E-state index contributed by atoms with van der Waals surface area (Å²) in [5, 5.41) is 8.17. The van der Waals surface area contributed by atoms with Gasteiger partial charge in [-0.15, -0.1) is 0 Å². The van der Waals surface area contributed by atoms with E-state index in [1.54, 1.807) is 0 Å².